The maximum Gasteiger partial charge on any atom is 0.422 e. The third-order valence-electron chi connectivity index (χ3n) is 4.31. The van der Waals surface area contributed by atoms with Crippen LogP contribution in [0.25, 0.3) is 0 Å². The summed E-state index contributed by atoms with van der Waals surface area (Å²) in [5, 5.41) is 13.6. The second kappa shape index (κ2) is 10.4. The molecule has 0 aliphatic heterocycles. The molecule has 1 aromatic carbocycles. The molecule has 1 aromatic heterocycles. The lowest BCUT2D eigenvalue weighted by Gasteiger charge is -2.20. The molecule has 0 fully saturated rings. The van der Waals surface area contributed by atoms with Gasteiger partial charge in [-0.3, -0.25) is 9.78 Å². The molecule has 2 aromatic rings. The number of nitrogens with one attached hydrogen (secondary N) is 2. The first-order valence-corrected chi connectivity index (χ1v) is 9.36. The Balaban J connectivity index is 2.02. The lowest BCUT2D eigenvalue weighted by atomic mass is 10.0. The number of carboxylic acid groups (broad SMARTS) is 1. The minimum atomic E-state index is -4.57. The average Bonchev–Trinajstić information content (AvgIpc) is 2.70. The summed E-state index contributed by atoms with van der Waals surface area (Å²) < 4.78 is 79.3. The zero-order valence-corrected chi connectivity index (χ0v) is 17.0. The number of amides is 2. The summed E-state index contributed by atoms with van der Waals surface area (Å²) in [5.41, 5.74) is -0.482. The van der Waals surface area contributed by atoms with Crippen molar-refractivity contribution in [1.29, 1.82) is 0 Å². The van der Waals surface area contributed by atoms with E-state index in [2.05, 4.69) is 20.4 Å². The van der Waals surface area contributed by atoms with Crippen molar-refractivity contribution >= 4 is 12.0 Å². The summed E-state index contributed by atoms with van der Waals surface area (Å²) >= 11 is 0. The van der Waals surface area contributed by atoms with Gasteiger partial charge in [0.15, 0.2) is 6.61 Å². The van der Waals surface area contributed by atoms with Crippen LogP contribution in [0.1, 0.15) is 42.2 Å². The maximum absolute atomic E-state index is 12.7. The number of aromatic nitrogens is 1. The summed E-state index contributed by atoms with van der Waals surface area (Å²) in [4.78, 5) is 27.4. The van der Waals surface area contributed by atoms with Crippen molar-refractivity contribution in [3.63, 3.8) is 0 Å². The fourth-order valence-corrected chi connectivity index (χ4v) is 2.76. The monoisotopic (exact) mass is 479 g/mol. The van der Waals surface area contributed by atoms with Crippen molar-refractivity contribution in [2.45, 2.75) is 37.8 Å². The van der Waals surface area contributed by atoms with Gasteiger partial charge >= 0.3 is 18.4 Å². The molecule has 2 amide bonds. The molecule has 7 nitrogen and oxygen atoms in total. The van der Waals surface area contributed by atoms with E-state index >= 15 is 0 Å². The molecule has 2 atom stereocenters. The van der Waals surface area contributed by atoms with Gasteiger partial charge in [0.2, 0.25) is 5.91 Å². The molecule has 0 aliphatic carbocycles. The average molecular weight is 479 g/mol. The van der Waals surface area contributed by atoms with Gasteiger partial charge < -0.3 is 20.5 Å². The topological polar surface area (TPSA) is 101 Å². The number of hydrogen-bond donors (Lipinski definition) is 3. The molecule has 0 bridgehead atoms. The highest BCUT2D eigenvalue weighted by atomic mass is 19.4. The Bertz CT molecular complexity index is 946. The molecule has 13 heteroatoms. The summed E-state index contributed by atoms with van der Waals surface area (Å²) in [6.45, 7) is 0.0520. The van der Waals surface area contributed by atoms with Crippen LogP contribution >= 0.6 is 0 Å². The largest absolute Gasteiger partial charge is 0.483 e. The van der Waals surface area contributed by atoms with Crippen LogP contribution in [0.4, 0.5) is 31.1 Å². The molecule has 0 spiro atoms. The van der Waals surface area contributed by atoms with Crippen molar-refractivity contribution in [3.8, 4) is 5.75 Å². The van der Waals surface area contributed by atoms with Crippen LogP contribution in [0.2, 0.25) is 0 Å². The predicted octanol–water partition coefficient (Wildman–Crippen LogP) is 4.62. The van der Waals surface area contributed by atoms with Crippen molar-refractivity contribution in [1.82, 2.24) is 15.6 Å². The number of rotatable bonds is 8. The fourth-order valence-electron chi connectivity index (χ4n) is 2.76. The third kappa shape index (κ3) is 8.50. The van der Waals surface area contributed by atoms with Crippen molar-refractivity contribution in [2.75, 3.05) is 6.61 Å². The van der Waals surface area contributed by atoms with E-state index in [9.17, 15) is 35.9 Å². The van der Waals surface area contributed by atoms with Gasteiger partial charge in [0.1, 0.15) is 5.75 Å². The molecule has 33 heavy (non-hydrogen) atoms. The van der Waals surface area contributed by atoms with E-state index in [1.165, 1.54) is 19.1 Å². The molecule has 2 rings (SSSR count). The van der Waals surface area contributed by atoms with Crippen molar-refractivity contribution in [3.05, 3.63) is 59.4 Å². The molecular weight excluding hydrogens is 460 g/mol. The predicted molar refractivity (Wildman–Crippen MR) is 102 cm³/mol. The molecular formula is C20H19F6N3O4. The first kappa shape index (κ1) is 25.7. The Morgan fingerprint density at radius 2 is 1.67 bits per heavy atom. The normalized spacial score (nSPS) is 13.7. The number of pyridine rings is 1. The van der Waals surface area contributed by atoms with Crippen LogP contribution in [-0.4, -0.2) is 34.9 Å². The smallest absolute Gasteiger partial charge is 0.422 e. The second-order valence-electron chi connectivity index (χ2n) is 6.94. The number of carbonyl (C=O) groups excluding carboxylic acids is 1. The van der Waals surface area contributed by atoms with E-state index in [-0.39, 0.29) is 11.3 Å². The molecule has 0 unspecified atom stereocenters. The van der Waals surface area contributed by atoms with E-state index in [1.807, 2.05) is 0 Å². The number of halogens is 6. The maximum atomic E-state index is 12.7. The van der Waals surface area contributed by atoms with Crippen LogP contribution in [0, 0.1) is 0 Å². The number of hydrogen-bond acceptors (Lipinski definition) is 4. The minimum Gasteiger partial charge on any atom is -0.483 e. The Hall–Kier alpha value is -3.51. The highest BCUT2D eigenvalue weighted by molar-refractivity contribution is 5.78. The van der Waals surface area contributed by atoms with Gasteiger partial charge in [-0.25, -0.2) is 4.79 Å². The van der Waals surface area contributed by atoms with Gasteiger partial charge in [-0.05, 0) is 36.8 Å². The van der Waals surface area contributed by atoms with Gasteiger partial charge in [0, 0.05) is 0 Å². The molecule has 180 valence electrons. The quantitative estimate of drug-likeness (QED) is 0.480. The molecule has 0 saturated carbocycles. The van der Waals surface area contributed by atoms with Gasteiger partial charge in [-0.2, -0.15) is 26.3 Å². The van der Waals surface area contributed by atoms with Crippen LogP contribution in [0.15, 0.2) is 42.6 Å². The summed E-state index contributed by atoms with van der Waals surface area (Å²) in [5.74, 6) is -0.761. The van der Waals surface area contributed by atoms with E-state index in [4.69, 9.17) is 5.11 Å². The first-order valence-electron chi connectivity index (χ1n) is 9.36. The highest BCUT2D eigenvalue weighted by Gasteiger charge is 2.31. The van der Waals surface area contributed by atoms with Crippen LogP contribution < -0.4 is 15.4 Å². The Morgan fingerprint density at radius 3 is 2.15 bits per heavy atom. The molecule has 1 heterocycles. The van der Waals surface area contributed by atoms with Crippen molar-refractivity contribution in [2.24, 2.45) is 0 Å². The van der Waals surface area contributed by atoms with Gasteiger partial charge in [0.05, 0.1) is 36.0 Å². The summed E-state index contributed by atoms with van der Waals surface area (Å²) in [6.07, 6.45) is -9.92. The van der Waals surface area contributed by atoms with E-state index in [0.29, 0.717) is 5.69 Å². The second-order valence-corrected chi connectivity index (χ2v) is 6.94. The summed E-state index contributed by atoms with van der Waals surface area (Å²) in [7, 11) is 0. The highest BCUT2D eigenvalue weighted by Crippen LogP contribution is 2.30. The molecule has 0 saturated heterocycles. The Kier molecular flexibility index (Phi) is 8.12. The number of alkyl halides is 6. The van der Waals surface area contributed by atoms with Gasteiger partial charge in [0.25, 0.3) is 0 Å². The lowest BCUT2D eigenvalue weighted by molar-refractivity contribution is -0.153. The van der Waals surface area contributed by atoms with Crippen LogP contribution in [0.5, 0.6) is 5.75 Å². The zero-order valence-electron chi connectivity index (χ0n) is 17.0. The molecule has 3 N–H and O–H groups in total. The van der Waals surface area contributed by atoms with Crippen molar-refractivity contribution < 1.29 is 45.8 Å². The van der Waals surface area contributed by atoms with Gasteiger partial charge in [-0.15, -0.1) is 0 Å². The van der Waals surface area contributed by atoms with E-state index in [0.717, 1.165) is 30.5 Å². The number of ether oxygens (including phenoxy) is 1. The Morgan fingerprint density at radius 1 is 1.03 bits per heavy atom. The lowest BCUT2D eigenvalue weighted by Crippen LogP contribution is -2.34. The fraction of sp³-hybridized carbons (Fsp3) is 0.350. The molecule has 0 aliphatic rings. The third-order valence-corrected chi connectivity index (χ3v) is 4.31. The van der Waals surface area contributed by atoms with Crippen LogP contribution in [0.3, 0.4) is 0 Å². The molecule has 0 radical (unpaired) electrons. The SMILES string of the molecule is C[C@@H](NC(=O)C[C@@H](NC(=O)O)c1ccc(C(F)(F)F)cc1)c1ccc(OCC(F)(F)F)cn1. The number of benzene rings is 1. The zero-order chi connectivity index (χ0) is 24.8. The summed E-state index contributed by atoms with van der Waals surface area (Å²) in [6, 6.07) is 4.46. The van der Waals surface area contributed by atoms with Gasteiger partial charge in [-0.1, -0.05) is 12.1 Å². The first-order chi connectivity index (χ1) is 15.2. The number of nitrogens with zero attached hydrogens (tertiary/aromatic N) is 1. The van der Waals surface area contributed by atoms with E-state index in [1.54, 1.807) is 0 Å². The Labute approximate surface area is 183 Å². The minimum absolute atomic E-state index is 0.123. The van der Waals surface area contributed by atoms with E-state index < -0.39 is 55.0 Å². The van der Waals surface area contributed by atoms with Crippen LogP contribution in [-0.2, 0) is 11.0 Å². The number of carbonyl (C=O) groups is 2. The standard InChI is InChI=1S/C20H19F6N3O4/c1-11(15-7-6-14(9-27-15)33-10-19(21,22)23)28-17(30)8-16(29-18(31)32)12-2-4-13(5-3-12)20(24,25)26/h2-7,9,11,16,29H,8,10H2,1H3,(H,28,30)(H,31,32)/t11-,16-/m1/s1.